The van der Waals surface area contributed by atoms with Gasteiger partial charge in [-0.25, -0.2) is 13.6 Å². The molecular weight excluding hydrogens is 332 g/mol. The number of rotatable bonds is 5. The van der Waals surface area contributed by atoms with Crippen molar-refractivity contribution < 1.29 is 22.7 Å². The second kappa shape index (κ2) is 6.50. The number of para-hydroxylation sites is 1. The number of ether oxygens (including phenoxy) is 2. The largest absolute Gasteiger partial charge is 0.454 e. The van der Waals surface area contributed by atoms with E-state index in [0.717, 1.165) is 5.56 Å². The predicted octanol–water partition coefficient (Wildman–Crippen LogP) is 1.04. The molecule has 0 spiro atoms. The Morgan fingerprint density at radius 1 is 1.12 bits per heavy atom. The van der Waals surface area contributed by atoms with Gasteiger partial charge in [-0.2, -0.15) is 0 Å². The van der Waals surface area contributed by atoms with Crippen LogP contribution >= 0.6 is 0 Å². The molecule has 1 heterocycles. The summed E-state index contributed by atoms with van der Waals surface area (Å²) in [5.74, 6) is 0.757. The highest BCUT2D eigenvalue weighted by Crippen LogP contribution is 2.35. The lowest BCUT2D eigenvalue weighted by Crippen LogP contribution is -2.26. The molecule has 3 N–H and O–H groups in total. The number of primary sulfonamides is 1. The molecule has 0 radical (unpaired) electrons. The smallest absolute Gasteiger partial charge is 0.255 e. The predicted molar refractivity (Wildman–Crippen MR) is 86.4 cm³/mol. The van der Waals surface area contributed by atoms with E-state index in [0.29, 0.717) is 30.0 Å². The van der Waals surface area contributed by atoms with Gasteiger partial charge in [0.05, 0.1) is 10.5 Å². The molecule has 1 amide bonds. The molecule has 0 saturated heterocycles. The van der Waals surface area contributed by atoms with Crippen molar-refractivity contribution in [3.05, 3.63) is 53.6 Å². The van der Waals surface area contributed by atoms with Gasteiger partial charge in [0.25, 0.3) is 5.91 Å². The topological polar surface area (TPSA) is 108 Å². The molecule has 0 aromatic heterocycles. The van der Waals surface area contributed by atoms with Gasteiger partial charge in [0.2, 0.25) is 16.8 Å². The molecule has 0 saturated carbocycles. The fourth-order valence-corrected chi connectivity index (χ4v) is 2.89. The molecule has 1 aliphatic heterocycles. The summed E-state index contributed by atoms with van der Waals surface area (Å²) in [6, 6.07) is 11.4. The molecule has 0 unspecified atom stereocenters. The third-order valence-electron chi connectivity index (χ3n) is 3.59. The normalized spacial score (nSPS) is 12.9. The fourth-order valence-electron chi connectivity index (χ4n) is 2.37. The summed E-state index contributed by atoms with van der Waals surface area (Å²) in [5, 5.41) is 7.85. The highest BCUT2D eigenvalue weighted by molar-refractivity contribution is 7.89. The summed E-state index contributed by atoms with van der Waals surface area (Å²) in [5.41, 5.74) is 1.31. The van der Waals surface area contributed by atoms with E-state index in [1.807, 2.05) is 0 Å². The highest BCUT2D eigenvalue weighted by atomic mass is 32.2. The number of hydrogen-bond acceptors (Lipinski definition) is 5. The molecule has 1 aliphatic rings. The highest BCUT2D eigenvalue weighted by Gasteiger charge is 2.21. The molecule has 7 nitrogen and oxygen atoms in total. The maximum atomic E-state index is 12.2. The lowest BCUT2D eigenvalue weighted by molar-refractivity contribution is 0.0949. The number of carbonyl (C=O) groups excluding carboxylic acids is 1. The standard InChI is InChI=1S/C16H16N2O5S/c17-24(20,21)12-6-4-11(5-7-12)8-9-18-16(19)13-2-1-3-14-15(13)23-10-22-14/h1-7H,8-10H2,(H,18,19)(H2,17,20,21). The van der Waals surface area contributed by atoms with Crippen LogP contribution in [0.4, 0.5) is 0 Å². The van der Waals surface area contributed by atoms with Crippen molar-refractivity contribution in [1.29, 1.82) is 0 Å². The summed E-state index contributed by atoms with van der Waals surface area (Å²) in [4.78, 5) is 12.3. The molecule has 0 bridgehead atoms. The number of carbonyl (C=O) groups is 1. The van der Waals surface area contributed by atoms with Crippen LogP contribution in [0.25, 0.3) is 0 Å². The van der Waals surface area contributed by atoms with Crippen LogP contribution in [0.2, 0.25) is 0 Å². The second-order valence-electron chi connectivity index (χ2n) is 5.23. The maximum Gasteiger partial charge on any atom is 0.255 e. The number of amides is 1. The Labute approximate surface area is 139 Å². The molecule has 24 heavy (non-hydrogen) atoms. The maximum absolute atomic E-state index is 12.2. The molecule has 8 heteroatoms. The summed E-state index contributed by atoms with van der Waals surface area (Å²) in [6.07, 6.45) is 0.559. The van der Waals surface area contributed by atoms with Gasteiger partial charge in [-0.05, 0) is 36.2 Å². The lowest BCUT2D eigenvalue weighted by atomic mass is 10.1. The molecule has 0 atom stereocenters. The van der Waals surface area contributed by atoms with Crippen LogP contribution in [-0.2, 0) is 16.4 Å². The van der Waals surface area contributed by atoms with E-state index in [4.69, 9.17) is 14.6 Å². The third-order valence-corrected chi connectivity index (χ3v) is 4.52. The van der Waals surface area contributed by atoms with Crippen molar-refractivity contribution in [2.75, 3.05) is 13.3 Å². The minimum Gasteiger partial charge on any atom is -0.454 e. The van der Waals surface area contributed by atoms with E-state index in [1.54, 1.807) is 30.3 Å². The Morgan fingerprint density at radius 2 is 1.88 bits per heavy atom. The summed E-state index contributed by atoms with van der Waals surface area (Å²) < 4.78 is 32.9. The first-order valence-corrected chi connectivity index (χ1v) is 8.78. The van der Waals surface area contributed by atoms with Gasteiger partial charge in [-0.1, -0.05) is 18.2 Å². The van der Waals surface area contributed by atoms with Crippen molar-refractivity contribution in [2.45, 2.75) is 11.3 Å². The average Bonchev–Trinajstić information content (AvgIpc) is 3.03. The van der Waals surface area contributed by atoms with E-state index >= 15 is 0 Å². The van der Waals surface area contributed by atoms with Crippen molar-refractivity contribution >= 4 is 15.9 Å². The van der Waals surface area contributed by atoms with Gasteiger partial charge in [0, 0.05) is 6.54 Å². The number of fused-ring (bicyclic) bond motifs is 1. The number of hydrogen-bond donors (Lipinski definition) is 2. The molecule has 0 fully saturated rings. The number of nitrogens with one attached hydrogen (secondary N) is 1. The van der Waals surface area contributed by atoms with E-state index in [9.17, 15) is 13.2 Å². The Balaban J connectivity index is 1.59. The summed E-state index contributed by atoms with van der Waals surface area (Å²) >= 11 is 0. The van der Waals surface area contributed by atoms with Gasteiger partial charge in [-0.3, -0.25) is 4.79 Å². The fraction of sp³-hybridized carbons (Fsp3) is 0.188. The molecule has 2 aromatic rings. The van der Waals surface area contributed by atoms with Crippen LogP contribution in [0.3, 0.4) is 0 Å². The Kier molecular flexibility index (Phi) is 4.41. The number of benzene rings is 2. The van der Waals surface area contributed by atoms with Crippen LogP contribution < -0.4 is 19.9 Å². The first kappa shape index (κ1) is 16.3. The monoisotopic (exact) mass is 348 g/mol. The summed E-state index contributed by atoms with van der Waals surface area (Å²) in [6.45, 7) is 0.508. The quantitative estimate of drug-likeness (QED) is 0.839. The molecular formula is C16H16N2O5S. The van der Waals surface area contributed by atoms with Gasteiger partial charge in [-0.15, -0.1) is 0 Å². The lowest BCUT2D eigenvalue weighted by Gasteiger charge is -2.08. The molecule has 3 rings (SSSR count). The van der Waals surface area contributed by atoms with E-state index in [2.05, 4.69) is 5.32 Å². The van der Waals surface area contributed by atoms with Crippen molar-refractivity contribution in [3.8, 4) is 11.5 Å². The van der Waals surface area contributed by atoms with E-state index in [-0.39, 0.29) is 17.6 Å². The van der Waals surface area contributed by atoms with Crippen molar-refractivity contribution in [1.82, 2.24) is 5.32 Å². The van der Waals surface area contributed by atoms with Gasteiger partial charge >= 0.3 is 0 Å². The minimum absolute atomic E-state index is 0.0623. The van der Waals surface area contributed by atoms with Crippen LogP contribution in [0.5, 0.6) is 11.5 Å². The first-order chi connectivity index (χ1) is 11.4. The zero-order valence-corrected chi connectivity index (χ0v) is 13.5. The van der Waals surface area contributed by atoms with Gasteiger partial charge in [0.1, 0.15) is 0 Å². The molecule has 0 aliphatic carbocycles. The van der Waals surface area contributed by atoms with Gasteiger partial charge < -0.3 is 14.8 Å². The summed E-state index contributed by atoms with van der Waals surface area (Å²) in [7, 11) is -3.69. The van der Waals surface area contributed by atoms with Crippen LogP contribution in [0.15, 0.2) is 47.4 Å². The Morgan fingerprint density at radius 3 is 2.58 bits per heavy atom. The van der Waals surface area contributed by atoms with E-state index in [1.165, 1.54) is 12.1 Å². The van der Waals surface area contributed by atoms with Crippen LogP contribution in [0.1, 0.15) is 15.9 Å². The first-order valence-electron chi connectivity index (χ1n) is 7.24. The zero-order chi connectivity index (χ0) is 17.2. The Hall–Kier alpha value is -2.58. The average molecular weight is 348 g/mol. The second-order valence-corrected chi connectivity index (χ2v) is 6.80. The third kappa shape index (κ3) is 3.50. The van der Waals surface area contributed by atoms with Gasteiger partial charge in [0.15, 0.2) is 11.5 Å². The van der Waals surface area contributed by atoms with Crippen molar-refractivity contribution in [3.63, 3.8) is 0 Å². The van der Waals surface area contributed by atoms with Crippen molar-refractivity contribution in [2.24, 2.45) is 5.14 Å². The minimum atomic E-state index is -3.69. The number of nitrogens with two attached hydrogens (primary N) is 1. The Bertz CT molecular complexity index is 863. The number of sulfonamides is 1. The van der Waals surface area contributed by atoms with Crippen LogP contribution in [-0.4, -0.2) is 27.7 Å². The molecule has 126 valence electrons. The van der Waals surface area contributed by atoms with Crippen LogP contribution in [0, 0.1) is 0 Å². The zero-order valence-electron chi connectivity index (χ0n) is 12.7. The SMILES string of the molecule is NS(=O)(=O)c1ccc(CCNC(=O)c2cccc3c2OCO3)cc1. The molecule has 2 aromatic carbocycles. The van der Waals surface area contributed by atoms with E-state index < -0.39 is 10.0 Å².